The van der Waals surface area contributed by atoms with E-state index >= 15 is 0 Å². The summed E-state index contributed by atoms with van der Waals surface area (Å²) >= 11 is 0. The molecule has 5 heteroatoms. The van der Waals surface area contributed by atoms with Gasteiger partial charge < -0.3 is 15.7 Å². The van der Waals surface area contributed by atoms with Crippen molar-refractivity contribution in [2.45, 2.75) is 19.0 Å². The maximum Gasteiger partial charge on any atom is 0.239 e. The van der Waals surface area contributed by atoms with Crippen LogP contribution in [0.3, 0.4) is 0 Å². The highest BCUT2D eigenvalue weighted by Gasteiger charge is 2.25. The van der Waals surface area contributed by atoms with Crippen molar-refractivity contribution in [2.75, 3.05) is 26.2 Å². The molecule has 1 aliphatic rings. The maximum atomic E-state index is 12.6. The summed E-state index contributed by atoms with van der Waals surface area (Å²) in [5.74, 6) is 0.319. The number of phenols is 1. The van der Waals surface area contributed by atoms with E-state index in [9.17, 15) is 9.90 Å². The molecule has 1 saturated heterocycles. The molecule has 5 nitrogen and oxygen atoms in total. The fourth-order valence-corrected chi connectivity index (χ4v) is 3.23. The Morgan fingerprint density at radius 1 is 1.00 bits per heavy atom. The van der Waals surface area contributed by atoms with Gasteiger partial charge in [-0.15, -0.1) is 0 Å². The van der Waals surface area contributed by atoms with Gasteiger partial charge in [-0.25, -0.2) is 0 Å². The second-order valence-electron chi connectivity index (χ2n) is 6.57. The van der Waals surface area contributed by atoms with Crippen LogP contribution in [0, 0.1) is 0 Å². The van der Waals surface area contributed by atoms with Gasteiger partial charge in [0.05, 0.1) is 6.04 Å². The Labute approximate surface area is 148 Å². The molecule has 0 spiro atoms. The van der Waals surface area contributed by atoms with Crippen LogP contribution in [-0.2, 0) is 17.8 Å². The third-order valence-electron chi connectivity index (χ3n) is 4.62. The summed E-state index contributed by atoms with van der Waals surface area (Å²) in [6, 6.07) is 16.7. The third-order valence-corrected chi connectivity index (χ3v) is 4.62. The SMILES string of the molecule is NC(Cc1ccccc1)C(=O)N1CCN(Cc2cccc(O)c2)CC1. The monoisotopic (exact) mass is 339 g/mol. The van der Waals surface area contributed by atoms with E-state index in [-0.39, 0.29) is 11.7 Å². The van der Waals surface area contributed by atoms with Crippen molar-refractivity contribution in [2.24, 2.45) is 5.73 Å². The van der Waals surface area contributed by atoms with Gasteiger partial charge in [0, 0.05) is 32.7 Å². The molecule has 2 aromatic rings. The van der Waals surface area contributed by atoms with Crippen LogP contribution in [0.5, 0.6) is 5.75 Å². The molecule has 1 fully saturated rings. The number of phenolic OH excluding ortho intramolecular Hbond substituents is 1. The minimum absolute atomic E-state index is 0.0286. The Morgan fingerprint density at radius 2 is 1.68 bits per heavy atom. The zero-order valence-corrected chi connectivity index (χ0v) is 14.3. The highest BCUT2D eigenvalue weighted by Crippen LogP contribution is 2.15. The number of amides is 1. The smallest absolute Gasteiger partial charge is 0.239 e. The standard InChI is InChI=1S/C20H25N3O2/c21-19(14-16-5-2-1-3-6-16)20(25)23-11-9-22(10-12-23)15-17-7-4-8-18(24)13-17/h1-8,13,19,24H,9-12,14-15,21H2. The number of hydrogen-bond donors (Lipinski definition) is 2. The van der Waals surface area contributed by atoms with Crippen molar-refractivity contribution < 1.29 is 9.90 Å². The predicted octanol–water partition coefficient (Wildman–Crippen LogP) is 1.61. The summed E-state index contributed by atoms with van der Waals surface area (Å²) in [4.78, 5) is 16.7. The van der Waals surface area contributed by atoms with Crippen molar-refractivity contribution >= 4 is 5.91 Å². The third kappa shape index (κ3) is 4.81. The highest BCUT2D eigenvalue weighted by atomic mass is 16.3. The molecule has 3 N–H and O–H groups in total. The van der Waals surface area contributed by atoms with E-state index in [1.54, 1.807) is 12.1 Å². The second kappa shape index (κ2) is 8.14. The van der Waals surface area contributed by atoms with E-state index in [1.807, 2.05) is 47.4 Å². The number of nitrogens with zero attached hydrogens (tertiary/aromatic N) is 2. The molecule has 25 heavy (non-hydrogen) atoms. The number of carbonyl (C=O) groups is 1. The molecule has 1 aliphatic heterocycles. The summed E-state index contributed by atoms with van der Waals surface area (Å²) in [5, 5.41) is 9.55. The fraction of sp³-hybridized carbons (Fsp3) is 0.350. The van der Waals surface area contributed by atoms with Crippen LogP contribution >= 0.6 is 0 Å². The molecule has 0 bridgehead atoms. The minimum Gasteiger partial charge on any atom is -0.508 e. The summed E-state index contributed by atoms with van der Waals surface area (Å²) in [5.41, 5.74) is 8.29. The zero-order chi connectivity index (χ0) is 17.6. The number of rotatable bonds is 5. The van der Waals surface area contributed by atoms with E-state index in [0.29, 0.717) is 19.5 Å². The molecule has 1 unspecified atom stereocenters. The van der Waals surface area contributed by atoms with Crippen LogP contribution in [0.2, 0.25) is 0 Å². The summed E-state index contributed by atoms with van der Waals surface area (Å²) in [6.45, 7) is 3.81. The van der Waals surface area contributed by atoms with Crippen molar-refractivity contribution in [1.29, 1.82) is 0 Å². The van der Waals surface area contributed by atoms with E-state index in [1.165, 1.54) is 0 Å². The molecule has 0 saturated carbocycles. The van der Waals surface area contributed by atoms with Crippen LogP contribution in [0.1, 0.15) is 11.1 Å². The summed E-state index contributed by atoms with van der Waals surface area (Å²) < 4.78 is 0. The first-order chi connectivity index (χ1) is 12.1. The van der Waals surface area contributed by atoms with Gasteiger partial charge >= 0.3 is 0 Å². The molecule has 1 atom stereocenters. The van der Waals surface area contributed by atoms with Crippen LogP contribution < -0.4 is 5.73 Å². The molecule has 132 valence electrons. The van der Waals surface area contributed by atoms with Crippen LogP contribution in [0.4, 0.5) is 0 Å². The first-order valence-corrected chi connectivity index (χ1v) is 8.70. The summed E-state index contributed by atoms with van der Waals surface area (Å²) in [6.07, 6.45) is 0.573. The molecular weight excluding hydrogens is 314 g/mol. The Bertz CT molecular complexity index is 697. The highest BCUT2D eigenvalue weighted by molar-refractivity contribution is 5.82. The van der Waals surface area contributed by atoms with Gasteiger partial charge in [-0.3, -0.25) is 9.69 Å². The molecular formula is C20H25N3O2. The Morgan fingerprint density at radius 3 is 2.36 bits per heavy atom. The Hall–Kier alpha value is -2.37. The molecule has 1 heterocycles. The van der Waals surface area contributed by atoms with Gasteiger partial charge in [-0.05, 0) is 29.7 Å². The number of aromatic hydroxyl groups is 1. The van der Waals surface area contributed by atoms with Crippen LogP contribution in [0.15, 0.2) is 54.6 Å². The van der Waals surface area contributed by atoms with Crippen molar-refractivity contribution in [3.8, 4) is 5.75 Å². The second-order valence-corrected chi connectivity index (χ2v) is 6.57. The number of hydrogen-bond acceptors (Lipinski definition) is 4. The van der Waals surface area contributed by atoms with Gasteiger partial charge in [0.25, 0.3) is 0 Å². The number of benzene rings is 2. The first kappa shape index (κ1) is 17.5. The predicted molar refractivity (Wildman–Crippen MR) is 98.1 cm³/mol. The van der Waals surface area contributed by atoms with Crippen LogP contribution in [-0.4, -0.2) is 53.0 Å². The topological polar surface area (TPSA) is 69.8 Å². The Balaban J connectivity index is 1.49. The van der Waals surface area contributed by atoms with Crippen molar-refractivity contribution in [3.05, 3.63) is 65.7 Å². The van der Waals surface area contributed by atoms with Crippen molar-refractivity contribution in [1.82, 2.24) is 9.80 Å². The van der Waals surface area contributed by atoms with Gasteiger partial charge in [0.1, 0.15) is 5.75 Å². The molecule has 3 rings (SSSR count). The number of piperazine rings is 1. The molecule has 0 aromatic heterocycles. The minimum atomic E-state index is -0.486. The lowest BCUT2D eigenvalue weighted by Gasteiger charge is -2.36. The zero-order valence-electron chi connectivity index (χ0n) is 14.3. The largest absolute Gasteiger partial charge is 0.508 e. The average molecular weight is 339 g/mol. The van der Waals surface area contributed by atoms with Crippen LogP contribution in [0.25, 0.3) is 0 Å². The van der Waals surface area contributed by atoms with Crippen molar-refractivity contribution in [3.63, 3.8) is 0 Å². The first-order valence-electron chi connectivity index (χ1n) is 8.70. The summed E-state index contributed by atoms with van der Waals surface area (Å²) in [7, 11) is 0. The number of carbonyl (C=O) groups excluding carboxylic acids is 1. The van der Waals surface area contributed by atoms with Gasteiger partial charge in [0.2, 0.25) is 5.91 Å². The lowest BCUT2D eigenvalue weighted by atomic mass is 10.1. The molecule has 2 aromatic carbocycles. The van der Waals surface area contributed by atoms with Gasteiger partial charge in [-0.2, -0.15) is 0 Å². The molecule has 0 radical (unpaired) electrons. The quantitative estimate of drug-likeness (QED) is 0.868. The Kier molecular flexibility index (Phi) is 5.68. The van der Waals surface area contributed by atoms with E-state index in [0.717, 1.165) is 30.8 Å². The van der Waals surface area contributed by atoms with Gasteiger partial charge in [-0.1, -0.05) is 42.5 Å². The number of nitrogens with two attached hydrogens (primary N) is 1. The van der Waals surface area contributed by atoms with E-state index < -0.39 is 6.04 Å². The van der Waals surface area contributed by atoms with E-state index in [4.69, 9.17) is 5.73 Å². The molecule has 0 aliphatic carbocycles. The normalized spacial score (nSPS) is 16.6. The van der Waals surface area contributed by atoms with E-state index in [2.05, 4.69) is 4.90 Å². The lowest BCUT2D eigenvalue weighted by Crippen LogP contribution is -2.53. The molecule has 1 amide bonds. The lowest BCUT2D eigenvalue weighted by molar-refractivity contribution is -0.134. The average Bonchev–Trinajstić information content (AvgIpc) is 2.62. The van der Waals surface area contributed by atoms with Gasteiger partial charge in [0.15, 0.2) is 0 Å². The fourth-order valence-electron chi connectivity index (χ4n) is 3.23. The maximum absolute atomic E-state index is 12.6.